The van der Waals surface area contributed by atoms with Crippen LogP contribution in [0.4, 0.5) is 0 Å². The lowest BCUT2D eigenvalue weighted by Crippen LogP contribution is -2.32. The molecule has 0 saturated carbocycles. The van der Waals surface area contributed by atoms with Crippen molar-refractivity contribution < 1.29 is 0 Å². The second kappa shape index (κ2) is 4.90. The number of rotatable bonds is 4. The van der Waals surface area contributed by atoms with Gasteiger partial charge in [-0.2, -0.15) is 0 Å². The highest BCUT2D eigenvalue weighted by atomic mass is 14.9. The predicted octanol–water partition coefficient (Wildman–Crippen LogP) is 2.45. The summed E-state index contributed by atoms with van der Waals surface area (Å²) in [5.41, 5.74) is 9.02. The lowest BCUT2D eigenvalue weighted by Gasteiger charge is -2.16. The van der Waals surface area contributed by atoms with Gasteiger partial charge in [0.25, 0.3) is 0 Å². The molecule has 2 aromatic rings. The number of imidazole rings is 1. The Labute approximate surface area is 108 Å². The Hall–Kier alpha value is -1.68. The van der Waals surface area contributed by atoms with Crippen LogP contribution >= 0.6 is 0 Å². The van der Waals surface area contributed by atoms with Crippen LogP contribution in [0.5, 0.6) is 0 Å². The Kier molecular flexibility index (Phi) is 3.48. The van der Waals surface area contributed by atoms with Crippen molar-refractivity contribution in [3.05, 3.63) is 36.0 Å². The second-order valence-electron chi connectivity index (χ2n) is 5.38. The van der Waals surface area contributed by atoms with E-state index in [1.807, 2.05) is 32.9 Å². The highest BCUT2D eigenvalue weighted by molar-refractivity contribution is 5.61. The largest absolute Gasteiger partial charge is 0.346 e. The van der Waals surface area contributed by atoms with Crippen LogP contribution in [0.2, 0.25) is 0 Å². The maximum Gasteiger partial charge on any atom is 0.107 e. The molecule has 0 aliphatic carbocycles. The van der Waals surface area contributed by atoms with Gasteiger partial charge in [-0.1, -0.05) is 0 Å². The molecular weight excluding hydrogens is 224 g/mol. The van der Waals surface area contributed by atoms with Gasteiger partial charge in [0.05, 0.1) is 5.69 Å². The fourth-order valence-corrected chi connectivity index (χ4v) is 1.87. The van der Waals surface area contributed by atoms with Crippen molar-refractivity contribution in [2.24, 2.45) is 5.73 Å². The summed E-state index contributed by atoms with van der Waals surface area (Å²) in [5.74, 6) is 0.998. The first kappa shape index (κ1) is 12.8. The lowest BCUT2D eigenvalue weighted by atomic mass is 10.0. The molecule has 4 nitrogen and oxygen atoms in total. The molecule has 3 N–H and O–H groups in total. The number of pyridine rings is 1. The van der Waals surface area contributed by atoms with Crippen LogP contribution in [0.25, 0.3) is 11.3 Å². The molecule has 0 aliphatic heterocycles. The molecule has 0 bridgehead atoms. The number of aromatic nitrogens is 3. The molecule has 0 fully saturated rings. The van der Waals surface area contributed by atoms with Crippen LogP contribution in [0.3, 0.4) is 0 Å². The average Bonchev–Trinajstić information content (AvgIpc) is 2.68. The third-order valence-electron chi connectivity index (χ3n) is 2.89. The molecule has 18 heavy (non-hydrogen) atoms. The van der Waals surface area contributed by atoms with Gasteiger partial charge < -0.3 is 10.7 Å². The van der Waals surface area contributed by atoms with Crippen LogP contribution < -0.4 is 5.73 Å². The first-order valence-corrected chi connectivity index (χ1v) is 6.20. The number of nitrogens with two attached hydrogens (primary N) is 1. The molecule has 0 spiro atoms. The average molecular weight is 244 g/mol. The van der Waals surface area contributed by atoms with Gasteiger partial charge in [0, 0.05) is 35.6 Å². The highest BCUT2D eigenvalue weighted by Gasteiger charge is 2.13. The maximum absolute atomic E-state index is 5.99. The molecule has 96 valence electrons. The molecule has 4 heteroatoms. The standard InChI is InChI=1S/C14H20N4/c1-10-13(11-5-8-16-9-6-11)18-12(17-10)4-7-14(2,3)15/h5-6,8-9H,4,7,15H2,1-3H3,(H,17,18). The van der Waals surface area contributed by atoms with E-state index in [1.54, 1.807) is 12.4 Å². The minimum absolute atomic E-state index is 0.155. The van der Waals surface area contributed by atoms with Gasteiger partial charge in [0.15, 0.2) is 0 Å². The van der Waals surface area contributed by atoms with E-state index in [0.29, 0.717) is 0 Å². The van der Waals surface area contributed by atoms with Crippen molar-refractivity contribution in [2.75, 3.05) is 0 Å². The topological polar surface area (TPSA) is 67.6 Å². The monoisotopic (exact) mass is 244 g/mol. The summed E-state index contributed by atoms with van der Waals surface area (Å²) >= 11 is 0. The molecule has 2 heterocycles. The van der Waals surface area contributed by atoms with E-state index in [1.165, 1.54) is 0 Å². The van der Waals surface area contributed by atoms with E-state index in [-0.39, 0.29) is 5.54 Å². The number of aromatic amines is 1. The Morgan fingerprint density at radius 2 is 1.94 bits per heavy atom. The molecular formula is C14H20N4. The van der Waals surface area contributed by atoms with E-state index in [0.717, 1.165) is 35.6 Å². The summed E-state index contributed by atoms with van der Waals surface area (Å²) in [6.45, 7) is 6.11. The minimum Gasteiger partial charge on any atom is -0.346 e. The Bertz CT molecular complexity index is 508. The molecule has 0 atom stereocenters. The molecule has 0 unspecified atom stereocenters. The number of hydrogen-bond donors (Lipinski definition) is 2. The fourth-order valence-electron chi connectivity index (χ4n) is 1.87. The molecule has 0 radical (unpaired) electrons. The van der Waals surface area contributed by atoms with Crippen molar-refractivity contribution >= 4 is 0 Å². The molecule has 0 aromatic carbocycles. The zero-order valence-electron chi connectivity index (χ0n) is 11.2. The predicted molar refractivity (Wildman–Crippen MR) is 73.1 cm³/mol. The number of hydrogen-bond acceptors (Lipinski definition) is 3. The number of aryl methyl sites for hydroxylation is 2. The van der Waals surface area contributed by atoms with E-state index >= 15 is 0 Å². The smallest absolute Gasteiger partial charge is 0.107 e. The maximum atomic E-state index is 5.99. The molecule has 0 amide bonds. The van der Waals surface area contributed by atoms with Gasteiger partial charge in [-0.25, -0.2) is 4.98 Å². The number of nitrogens with zero attached hydrogens (tertiary/aromatic N) is 2. The zero-order chi connectivity index (χ0) is 13.2. The summed E-state index contributed by atoms with van der Waals surface area (Å²) < 4.78 is 0. The Morgan fingerprint density at radius 3 is 2.56 bits per heavy atom. The third kappa shape index (κ3) is 3.17. The normalized spacial score (nSPS) is 11.8. The van der Waals surface area contributed by atoms with E-state index in [2.05, 4.69) is 15.0 Å². The van der Waals surface area contributed by atoms with Gasteiger partial charge in [-0.05, 0) is 39.3 Å². The van der Waals surface area contributed by atoms with E-state index < -0.39 is 0 Å². The van der Waals surface area contributed by atoms with Crippen LogP contribution in [-0.4, -0.2) is 20.5 Å². The first-order valence-electron chi connectivity index (χ1n) is 6.20. The van der Waals surface area contributed by atoms with Crippen molar-refractivity contribution in [1.29, 1.82) is 0 Å². The Balaban J connectivity index is 2.18. The van der Waals surface area contributed by atoms with E-state index in [4.69, 9.17) is 5.73 Å². The van der Waals surface area contributed by atoms with Gasteiger partial charge in [-0.3, -0.25) is 4.98 Å². The SMILES string of the molecule is Cc1[nH]c(CCC(C)(C)N)nc1-c1ccncc1. The van der Waals surface area contributed by atoms with Crippen LogP contribution in [0.1, 0.15) is 31.8 Å². The summed E-state index contributed by atoms with van der Waals surface area (Å²) in [7, 11) is 0. The molecule has 2 aromatic heterocycles. The van der Waals surface area contributed by atoms with Crippen molar-refractivity contribution in [3.8, 4) is 11.3 Å². The molecule has 2 rings (SSSR count). The summed E-state index contributed by atoms with van der Waals surface area (Å²) in [5, 5.41) is 0. The van der Waals surface area contributed by atoms with Crippen LogP contribution in [-0.2, 0) is 6.42 Å². The lowest BCUT2D eigenvalue weighted by molar-refractivity contribution is 0.472. The minimum atomic E-state index is -0.155. The number of nitrogens with one attached hydrogen (secondary N) is 1. The summed E-state index contributed by atoms with van der Waals surface area (Å²) in [6.07, 6.45) is 5.35. The zero-order valence-corrected chi connectivity index (χ0v) is 11.2. The molecule has 0 saturated heterocycles. The first-order chi connectivity index (χ1) is 8.46. The van der Waals surface area contributed by atoms with Crippen molar-refractivity contribution in [2.45, 2.75) is 39.2 Å². The van der Waals surface area contributed by atoms with Crippen molar-refractivity contribution in [3.63, 3.8) is 0 Å². The van der Waals surface area contributed by atoms with E-state index in [9.17, 15) is 0 Å². The number of H-pyrrole nitrogens is 1. The summed E-state index contributed by atoms with van der Waals surface area (Å²) in [6, 6.07) is 3.94. The highest BCUT2D eigenvalue weighted by Crippen LogP contribution is 2.21. The van der Waals surface area contributed by atoms with Crippen molar-refractivity contribution in [1.82, 2.24) is 15.0 Å². The fraction of sp³-hybridized carbons (Fsp3) is 0.429. The van der Waals surface area contributed by atoms with Gasteiger partial charge >= 0.3 is 0 Å². The third-order valence-corrected chi connectivity index (χ3v) is 2.89. The van der Waals surface area contributed by atoms with Gasteiger partial charge in [0.1, 0.15) is 5.82 Å². The summed E-state index contributed by atoms with van der Waals surface area (Å²) in [4.78, 5) is 12.0. The quantitative estimate of drug-likeness (QED) is 0.868. The van der Waals surface area contributed by atoms with Gasteiger partial charge in [0.2, 0.25) is 0 Å². The van der Waals surface area contributed by atoms with Crippen LogP contribution in [0.15, 0.2) is 24.5 Å². The molecule has 0 aliphatic rings. The van der Waals surface area contributed by atoms with Gasteiger partial charge in [-0.15, -0.1) is 0 Å². The Morgan fingerprint density at radius 1 is 1.28 bits per heavy atom. The van der Waals surface area contributed by atoms with Crippen LogP contribution in [0, 0.1) is 6.92 Å². The second-order valence-corrected chi connectivity index (χ2v) is 5.38.